The van der Waals surface area contributed by atoms with Gasteiger partial charge in [-0.25, -0.2) is 0 Å². The van der Waals surface area contributed by atoms with Crippen LogP contribution < -0.4 is 0 Å². The highest BCUT2D eigenvalue weighted by atomic mass is 32.2. The molecule has 2 aromatic rings. The summed E-state index contributed by atoms with van der Waals surface area (Å²) in [6, 6.07) is 10.5. The van der Waals surface area contributed by atoms with Crippen LogP contribution >= 0.6 is 11.8 Å². The molecular formula is C16H20OS. The second kappa shape index (κ2) is 6.14. The second-order valence-corrected chi connectivity index (χ2v) is 5.64. The number of unbranched alkanes of at least 4 members (excludes halogenated alkanes) is 1. The monoisotopic (exact) mass is 260 g/mol. The Morgan fingerprint density at radius 1 is 1.11 bits per heavy atom. The summed E-state index contributed by atoms with van der Waals surface area (Å²) in [7, 11) is 0. The van der Waals surface area contributed by atoms with Gasteiger partial charge in [-0.3, -0.25) is 0 Å². The molecule has 0 aliphatic rings. The van der Waals surface area contributed by atoms with Crippen LogP contribution in [0.5, 0.6) is 0 Å². The fraction of sp³-hybridized carbons (Fsp3) is 0.375. The Balaban J connectivity index is 2.25. The summed E-state index contributed by atoms with van der Waals surface area (Å²) in [4.78, 5) is 2.59. The maximum atomic E-state index is 5.90. The zero-order valence-electron chi connectivity index (χ0n) is 11.3. The fourth-order valence-corrected chi connectivity index (χ4v) is 3.00. The number of rotatable bonds is 5. The van der Waals surface area contributed by atoms with Crippen LogP contribution in [0.4, 0.5) is 0 Å². The van der Waals surface area contributed by atoms with Gasteiger partial charge in [0.1, 0.15) is 11.5 Å². The van der Waals surface area contributed by atoms with Crippen molar-refractivity contribution in [3.63, 3.8) is 0 Å². The van der Waals surface area contributed by atoms with Crippen molar-refractivity contribution in [2.24, 2.45) is 0 Å². The molecule has 0 saturated carbocycles. The van der Waals surface area contributed by atoms with Crippen LogP contribution in [0.1, 0.15) is 36.8 Å². The lowest BCUT2D eigenvalue weighted by Gasteiger charge is -2.03. The van der Waals surface area contributed by atoms with Crippen molar-refractivity contribution in [1.29, 1.82) is 0 Å². The van der Waals surface area contributed by atoms with E-state index in [1.807, 2.05) is 11.8 Å². The van der Waals surface area contributed by atoms with E-state index in [0.29, 0.717) is 0 Å². The topological polar surface area (TPSA) is 13.1 Å². The van der Waals surface area contributed by atoms with E-state index in [2.05, 4.69) is 51.1 Å². The first-order valence-corrected chi connectivity index (χ1v) is 7.35. The fourth-order valence-electron chi connectivity index (χ4n) is 1.92. The highest BCUT2D eigenvalue weighted by molar-refractivity contribution is 7.99. The average Bonchev–Trinajstić information content (AvgIpc) is 2.65. The lowest BCUT2D eigenvalue weighted by molar-refractivity contribution is 0.468. The first kappa shape index (κ1) is 13.3. The molecule has 1 heterocycles. The van der Waals surface area contributed by atoms with Gasteiger partial charge in [0, 0.05) is 16.9 Å². The van der Waals surface area contributed by atoms with Gasteiger partial charge in [-0.05, 0) is 32.4 Å². The lowest BCUT2D eigenvalue weighted by Crippen LogP contribution is -1.85. The Morgan fingerprint density at radius 2 is 1.83 bits per heavy atom. The largest absolute Gasteiger partial charge is 0.465 e. The molecule has 2 rings (SSSR count). The predicted octanol–water partition coefficient (Wildman–Crippen LogP) is 5.39. The molecule has 18 heavy (non-hydrogen) atoms. The average molecular weight is 260 g/mol. The minimum atomic E-state index is 1.04. The number of aryl methyl sites for hydroxylation is 2. The van der Waals surface area contributed by atoms with Gasteiger partial charge in [0.25, 0.3) is 0 Å². The summed E-state index contributed by atoms with van der Waals surface area (Å²) in [5.74, 6) is 2.21. The smallest absolute Gasteiger partial charge is 0.118 e. The summed E-state index contributed by atoms with van der Waals surface area (Å²) < 4.78 is 5.90. The Kier molecular flexibility index (Phi) is 4.54. The number of hydrogen-bond donors (Lipinski definition) is 0. The van der Waals surface area contributed by atoms with E-state index >= 15 is 0 Å². The first-order chi connectivity index (χ1) is 8.72. The molecule has 0 fully saturated rings. The molecule has 1 aromatic carbocycles. The SMILES string of the molecule is CCCCc1oc(C)c(C)c1Sc1ccccc1. The summed E-state index contributed by atoms with van der Waals surface area (Å²) in [5, 5.41) is 0. The summed E-state index contributed by atoms with van der Waals surface area (Å²) in [6.45, 7) is 6.42. The van der Waals surface area contributed by atoms with E-state index in [1.54, 1.807) is 0 Å². The number of furan rings is 1. The normalized spacial score (nSPS) is 10.8. The van der Waals surface area contributed by atoms with Gasteiger partial charge in [-0.2, -0.15) is 0 Å². The van der Waals surface area contributed by atoms with Crippen molar-refractivity contribution < 1.29 is 4.42 Å². The summed E-state index contributed by atoms with van der Waals surface area (Å²) in [5.41, 5.74) is 1.29. The maximum absolute atomic E-state index is 5.90. The maximum Gasteiger partial charge on any atom is 0.118 e. The third-order valence-electron chi connectivity index (χ3n) is 3.12. The van der Waals surface area contributed by atoms with Crippen LogP contribution in [0.15, 0.2) is 44.5 Å². The molecule has 0 aliphatic carbocycles. The van der Waals surface area contributed by atoms with Crippen LogP contribution in [0.3, 0.4) is 0 Å². The molecule has 0 radical (unpaired) electrons. The summed E-state index contributed by atoms with van der Waals surface area (Å²) >= 11 is 1.82. The van der Waals surface area contributed by atoms with Crippen molar-refractivity contribution in [2.45, 2.75) is 49.8 Å². The predicted molar refractivity (Wildman–Crippen MR) is 77.4 cm³/mol. The standard InChI is InChI=1S/C16H20OS/c1-4-5-11-15-16(12(2)13(3)17-15)18-14-9-7-6-8-10-14/h6-10H,4-5,11H2,1-3H3. The second-order valence-electron chi connectivity index (χ2n) is 4.55. The van der Waals surface area contributed by atoms with Crippen molar-refractivity contribution in [1.82, 2.24) is 0 Å². The van der Waals surface area contributed by atoms with Crippen LogP contribution in [0.25, 0.3) is 0 Å². The van der Waals surface area contributed by atoms with E-state index in [9.17, 15) is 0 Å². The third-order valence-corrected chi connectivity index (χ3v) is 4.36. The van der Waals surface area contributed by atoms with E-state index in [0.717, 1.165) is 17.9 Å². The van der Waals surface area contributed by atoms with E-state index in [4.69, 9.17) is 4.42 Å². The third kappa shape index (κ3) is 2.99. The highest BCUT2D eigenvalue weighted by Crippen LogP contribution is 2.36. The number of hydrogen-bond acceptors (Lipinski definition) is 2. The van der Waals surface area contributed by atoms with Crippen LogP contribution in [-0.2, 0) is 6.42 Å². The highest BCUT2D eigenvalue weighted by Gasteiger charge is 2.15. The molecule has 0 aliphatic heterocycles. The molecule has 0 saturated heterocycles. The van der Waals surface area contributed by atoms with Gasteiger partial charge in [0.05, 0.1) is 4.90 Å². The lowest BCUT2D eigenvalue weighted by atomic mass is 10.2. The van der Waals surface area contributed by atoms with Gasteiger partial charge >= 0.3 is 0 Å². The van der Waals surface area contributed by atoms with Gasteiger partial charge in [0.15, 0.2) is 0 Å². The molecule has 0 amide bonds. The molecule has 1 nitrogen and oxygen atoms in total. The minimum absolute atomic E-state index is 1.04. The van der Waals surface area contributed by atoms with Crippen LogP contribution in [0.2, 0.25) is 0 Å². The van der Waals surface area contributed by atoms with Crippen molar-refractivity contribution >= 4 is 11.8 Å². The summed E-state index contributed by atoms with van der Waals surface area (Å²) in [6.07, 6.45) is 3.43. The molecule has 0 spiro atoms. The van der Waals surface area contributed by atoms with Crippen molar-refractivity contribution in [3.8, 4) is 0 Å². The number of benzene rings is 1. The van der Waals surface area contributed by atoms with Gasteiger partial charge < -0.3 is 4.42 Å². The van der Waals surface area contributed by atoms with Crippen LogP contribution in [0, 0.1) is 13.8 Å². The molecule has 96 valence electrons. The first-order valence-electron chi connectivity index (χ1n) is 6.54. The van der Waals surface area contributed by atoms with E-state index in [1.165, 1.54) is 28.2 Å². The Hall–Kier alpha value is -1.15. The van der Waals surface area contributed by atoms with Crippen molar-refractivity contribution in [2.75, 3.05) is 0 Å². The molecular weight excluding hydrogens is 240 g/mol. The van der Waals surface area contributed by atoms with Crippen LogP contribution in [-0.4, -0.2) is 0 Å². The van der Waals surface area contributed by atoms with E-state index < -0.39 is 0 Å². The molecule has 0 bridgehead atoms. The van der Waals surface area contributed by atoms with Gasteiger partial charge in [-0.1, -0.05) is 43.3 Å². The molecule has 0 N–H and O–H groups in total. The zero-order valence-corrected chi connectivity index (χ0v) is 12.1. The Labute approximate surface area is 114 Å². The molecule has 1 aromatic heterocycles. The minimum Gasteiger partial charge on any atom is -0.465 e. The zero-order chi connectivity index (χ0) is 13.0. The molecule has 2 heteroatoms. The Morgan fingerprint density at radius 3 is 2.50 bits per heavy atom. The quantitative estimate of drug-likeness (QED) is 0.715. The van der Waals surface area contributed by atoms with Gasteiger partial charge in [0.2, 0.25) is 0 Å². The molecule has 0 unspecified atom stereocenters. The Bertz CT molecular complexity index is 499. The van der Waals surface area contributed by atoms with Crippen molar-refractivity contribution in [3.05, 3.63) is 47.4 Å². The molecule has 0 atom stereocenters. The van der Waals surface area contributed by atoms with E-state index in [-0.39, 0.29) is 0 Å². The van der Waals surface area contributed by atoms with Gasteiger partial charge in [-0.15, -0.1) is 0 Å².